The van der Waals surface area contributed by atoms with E-state index in [1.807, 2.05) is 36.3 Å². The Balaban J connectivity index is 1.69. The van der Waals surface area contributed by atoms with E-state index in [1.165, 1.54) is 16.5 Å². The maximum absolute atomic E-state index is 5.88. The molecule has 1 heterocycles. The second-order valence-electron chi connectivity index (χ2n) is 5.53. The van der Waals surface area contributed by atoms with E-state index in [4.69, 9.17) is 4.74 Å². The second-order valence-corrected chi connectivity index (χ2v) is 5.53. The largest absolute Gasteiger partial charge is 0.489 e. The molecule has 0 amide bonds. The van der Waals surface area contributed by atoms with Gasteiger partial charge >= 0.3 is 0 Å². The highest BCUT2D eigenvalue weighted by atomic mass is 16.5. The molecular formula is C19H21N3O. The monoisotopic (exact) mass is 307 g/mol. The summed E-state index contributed by atoms with van der Waals surface area (Å²) in [5, 5.41) is 6.91. The molecule has 1 aromatic heterocycles. The minimum atomic E-state index is 0.586. The van der Waals surface area contributed by atoms with E-state index in [2.05, 4.69) is 52.9 Å². The first-order valence-electron chi connectivity index (χ1n) is 7.69. The van der Waals surface area contributed by atoms with Gasteiger partial charge in [-0.25, -0.2) is 0 Å². The molecule has 4 heteroatoms. The Bertz CT molecular complexity index is 780. The van der Waals surface area contributed by atoms with Crippen molar-refractivity contribution in [2.45, 2.75) is 13.2 Å². The Morgan fingerprint density at radius 2 is 1.96 bits per heavy atom. The molecule has 0 fully saturated rings. The van der Waals surface area contributed by atoms with Gasteiger partial charge in [0.15, 0.2) is 0 Å². The predicted octanol–water partition coefficient (Wildman–Crippen LogP) is 3.77. The Labute approximate surface area is 136 Å². The maximum Gasteiger partial charge on any atom is 0.120 e. The van der Waals surface area contributed by atoms with E-state index in [-0.39, 0.29) is 0 Å². The average molecular weight is 307 g/mol. The number of likely N-dealkylation sites (N-methyl/N-ethyl adjacent to an activating group) is 1. The lowest BCUT2D eigenvalue weighted by atomic mass is 10.2. The molecule has 118 valence electrons. The Morgan fingerprint density at radius 1 is 1.13 bits per heavy atom. The summed E-state index contributed by atoms with van der Waals surface area (Å²) in [7, 11) is 1.92. The number of nitrogens with zero attached hydrogens (tertiary/aromatic N) is 3. The zero-order valence-corrected chi connectivity index (χ0v) is 13.4. The zero-order chi connectivity index (χ0) is 16.1. The van der Waals surface area contributed by atoms with Crippen LogP contribution in [0, 0.1) is 0 Å². The standard InChI is InChI=1S/C19H21N3O/c1-20-21(2)12-13-22-11-10-17-14-18(8-9-19(17)22)23-15-16-6-4-3-5-7-16/h3-11,14H,1,12-13,15H2,2H3. The van der Waals surface area contributed by atoms with Gasteiger partial charge in [0.1, 0.15) is 12.4 Å². The summed E-state index contributed by atoms with van der Waals surface area (Å²) < 4.78 is 8.10. The fourth-order valence-corrected chi connectivity index (χ4v) is 2.53. The van der Waals surface area contributed by atoms with Crippen LogP contribution < -0.4 is 4.74 Å². The van der Waals surface area contributed by atoms with Gasteiger partial charge in [-0.3, -0.25) is 5.01 Å². The van der Waals surface area contributed by atoms with Crippen LogP contribution in [0.4, 0.5) is 0 Å². The van der Waals surface area contributed by atoms with Gasteiger partial charge in [-0.05, 0) is 29.8 Å². The number of hydrogen-bond acceptors (Lipinski definition) is 3. The van der Waals surface area contributed by atoms with Gasteiger partial charge < -0.3 is 9.30 Å². The summed E-state index contributed by atoms with van der Waals surface area (Å²) in [6.45, 7) is 5.83. The quantitative estimate of drug-likeness (QED) is 0.491. The van der Waals surface area contributed by atoms with Gasteiger partial charge in [-0.2, -0.15) is 5.10 Å². The van der Waals surface area contributed by atoms with Gasteiger partial charge in [0.05, 0.1) is 6.54 Å². The van der Waals surface area contributed by atoms with Crippen LogP contribution in [0.15, 0.2) is 65.9 Å². The van der Waals surface area contributed by atoms with Crippen molar-refractivity contribution in [3.8, 4) is 5.75 Å². The predicted molar refractivity (Wildman–Crippen MR) is 94.9 cm³/mol. The van der Waals surface area contributed by atoms with Crippen LogP contribution in [0.1, 0.15) is 5.56 Å². The summed E-state index contributed by atoms with van der Waals surface area (Å²) in [6.07, 6.45) is 2.10. The fourth-order valence-electron chi connectivity index (χ4n) is 2.53. The first-order chi connectivity index (χ1) is 11.3. The SMILES string of the molecule is C=NN(C)CCn1ccc2cc(OCc3ccccc3)ccc21. The molecule has 0 saturated carbocycles. The van der Waals surface area contributed by atoms with Crippen LogP contribution in [0.3, 0.4) is 0 Å². The minimum absolute atomic E-state index is 0.586. The van der Waals surface area contributed by atoms with Crippen LogP contribution in [-0.4, -0.2) is 29.9 Å². The molecule has 4 nitrogen and oxygen atoms in total. The minimum Gasteiger partial charge on any atom is -0.489 e. The van der Waals surface area contributed by atoms with E-state index in [1.54, 1.807) is 0 Å². The number of fused-ring (bicyclic) bond motifs is 1. The molecule has 2 aromatic carbocycles. The van der Waals surface area contributed by atoms with Crippen molar-refractivity contribution in [3.05, 3.63) is 66.4 Å². The number of rotatable bonds is 7. The molecule has 3 aromatic rings. The molecule has 0 radical (unpaired) electrons. The third-order valence-corrected chi connectivity index (χ3v) is 3.90. The molecule has 0 atom stereocenters. The van der Waals surface area contributed by atoms with Crippen molar-refractivity contribution in [3.63, 3.8) is 0 Å². The van der Waals surface area contributed by atoms with Crippen LogP contribution >= 0.6 is 0 Å². The van der Waals surface area contributed by atoms with Crippen molar-refractivity contribution in [2.24, 2.45) is 5.10 Å². The van der Waals surface area contributed by atoms with Crippen LogP contribution in [0.5, 0.6) is 5.75 Å². The topological polar surface area (TPSA) is 29.8 Å². The van der Waals surface area contributed by atoms with Crippen LogP contribution in [-0.2, 0) is 13.2 Å². The van der Waals surface area contributed by atoms with Crippen molar-refractivity contribution >= 4 is 17.6 Å². The molecule has 3 rings (SSSR count). The van der Waals surface area contributed by atoms with Gasteiger partial charge in [0.25, 0.3) is 0 Å². The lowest BCUT2D eigenvalue weighted by Crippen LogP contribution is -2.16. The molecule has 0 bridgehead atoms. The number of ether oxygens (including phenoxy) is 1. The summed E-state index contributed by atoms with van der Waals surface area (Å²) in [5.74, 6) is 0.893. The Hall–Kier alpha value is -2.75. The van der Waals surface area contributed by atoms with Gasteiger partial charge in [0, 0.05) is 37.4 Å². The molecule has 0 N–H and O–H groups in total. The molecule has 0 spiro atoms. The summed E-state index contributed by atoms with van der Waals surface area (Å²) >= 11 is 0. The second kappa shape index (κ2) is 7.01. The molecule has 0 saturated heterocycles. The molecule has 0 aliphatic rings. The van der Waals surface area contributed by atoms with Crippen LogP contribution in [0.25, 0.3) is 10.9 Å². The van der Waals surface area contributed by atoms with Crippen molar-refractivity contribution < 1.29 is 4.74 Å². The van der Waals surface area contributed by atoms with Crippen molar-refractivity contribution in [2.75, 3.05) is 13.6 Å². The molecular weight excluding hydrogens is 286 g/mol. The summed E-state index contributed by atoms with van der Waals surface area (Å²) in [4.78, 5) is 0. The van der Waals surface area contributed by atoms with Crippen LogP contribution in [0.2, 0.25) is 0 Å². The van der Waals surface area contributed by atoms with Crippen molar-refractivity contribution in [1.29, 1.82) is 0 Å². The van der Waals surface area contributed by atoms with E-state index < -0.39 is 0 Å². The average Bonchev–Trinajstić information content (AvgIpc) is 3.01. The normalized spacial score (nSPS) is 10.7. The highest BCUT2D eigenvalue weighted by molar-refractivity contribution is 5.81. The third kappa shape index (κ3) is 3.72. The number of hydrazone groups is 1. The molecule has 0 aliphatic carbocycles. The van der Waals surface area contributed by atoms with Gasteiger partial charge in [-0.1, -0.05) is 30.3 Å². The van der Waals surface area contributed by atoms with E-state index in [0.29, 0.717) is 6.61 Å². The van der Waals surface area contributed by atoms with Gasteiger partial charge in [0.2, 0.25) is 0 Å². The number of benzene rings is 2. The zero-order valence-electron chi connectivity index (χ0n) is 13.4. The summed E-state index contributed by atoms with van der Waals surface area (Å²) in [5.41, 5.74) is 2.37. The summed E-state index contributed by atoms with van der Waals surface area (Å²) in [6, 6.07) is 18.5. The Morgan fingerprint density at radius 3 is 2.74 bits per heavy atom. The first-order valence-corrected chi connectivity index (χ1v) is 7.69. The molecule has 0 aliphatic heterocycles. The van der Waals surface area contributed by atoms with Gasteiger partial charge in [-0.15, -0.1) is 0 Å². The number of hydrogen-bond donors (Lipinski definition) is 0. The molecule has 0 unspecified atom stereocenters. The Kier molecular flexibility index (Phi) is 4.62. The van der Waals surface area contributed by atoms with E-state index in [0.717, 1.165) is 18.8 Å². The fraction of sp³-hybridized carbons (Fsp3) is 0.211. The first kappa shape index (κ1) is 15.2. The van der Waals surface area contributed by atoms with Crippen molar-refractivity contribution in [1.82, 2.24) is 9.58 Å². The van der Waals surface area contributed by atoms with E-state index in [9.17, 15) is 0 Å². The van der Waals surface area contributed by atoms with E-state index >= 15 is 0 Å². The smallest absolute Gasteiger partial charge is 0.120 e. The molecule has 23 heavy (non-hydrogen) atoms. The maximum atomic E-state index is 5.88. The lowest BCUT2D eigenvalue weighted by molar-refractivity contribution is 0.306. The lowest BCUT2D eigenvalue weighted by Gasteiger charge is -2.13. The number of aromatic nitrogens is 1. The highest BCUT2D eigenvalue weighted by Crippen LogP contribution is 2.23. The third-order valence-electron chi connectivity index (χ3n) is 3.90. The highest BCUT2D eigenvalue weighted by Gasteiger charge is 2.04.